The van der Waals surface area contributed by atoms with Gasteiger partial charge in [-0.15, -0.1) is 0 Å². The molecule has 0 saturated carbocycles. The van der Waals surface area contributed by atoms with E-state index in [4.69, 9.17) is 5.11 Å². The Morgan fingerprint density at radius 3 is 2.40 bits per heavy atom. The second kappa shape index (κ2) is 6.79. The number of urea groups is 1. The largest absolute Gasteiger partial charge is 0.480 e. The van der Waals surface area contributed by atoms with Gasteiger partial charge in [-0.2, -0.15) is 0 Å². The molecule has 6 heteroatoms. The van der Waals surface area contributed by atoms with Crippen LogP contribution in [-0.2, 0) is 4.79 Å². The third kappa shape index (κ3) is 4.46. The van der Waals surface area contributed by atoms with E-state index in [1.807, 2.05) is 37.2 Å². The van der Waals surface area contributed by atoms with Gasteiger partial charge in [-0.3, -0.25) is 0 Å². The number of nitrogens with zero attached hydrogens (tertiary/aromatic N) is 1. The van der Waals surface area contributed by atoms with E-state index >= 15 is 0 Å². The topological polar surface area (TPSA) is 81.7 Å². The normalized spacial score (nSPS) is 11.8. The molecule has 0 aliphatic carbocycles. The van der Waals surface area contributed by atoms with E-state index in [9.17, 15) is 9.59 Å². The highest BCUT2D eigenvalue weighted by Gasteiger charge is 2.23. The highest BCUT2D eigenvalue weighted by molar-refractivity contribution is 5.92. The molecule has 0 unspecified atom stereocenters. The van der Waals surface area contributed by atoms with Gasteiger partial charge in [0, 0.05) is 25.5 Å². The summed E-state index contributed by atoms with van der Waals surface area (Å²) in [6.07, 6.45) is 0. The van der Waals surface area contributed by atoms with Gasteiger partial charge in [-0.05, 0) is 24.1 Å². The highest BCUT2D eigenvalue weighted by Crippen LogP contribution is 2.17. The van der Waals surface area contributed by atoms with Gasteiger partial charge in [0.05, 0.1) is 0 Å². The Labute approximate surface area is 118 Å². The molecule has 0 heterocycles. The molecule has 0 aliphatic heterocycles. The molecule has 0 aliphatic rings. The molecule has 0 aromatic heterocycles. The Morgan fingerprint density at radius 1 is 1.25 bits per heavy atom. The monoisotopic (exact) mass is 279 g/mol. The lowest BCUT2D eigenvalue weighted by atomic mass is 10.1. The summed E-state index contributed by atoms with van der Waals surface area (Å²) < 4.78 is 0. The van der Waals surface area contributed by atoms with E-state index in [-0.39, 0.29) is 5.92 Å². The fraction of sp³-hybridized carbons (Fsp3) is 0.429. The molecule has 0 spiro atoms. The van der Waals surface area contributed by atoms with E-state index in [1.165, 1.54) is 0 Å². The summed E-state index contributed by atoms with van der Waals surface area (Å²) in [5.41, 5.74) is 1.56. The third-order valence-electron chi connectivity index (χ3n) is 2.84. The number of carboxylic acids is 1. The number of benzene rings is 1. The van der Waals surface area contributed by atoms with Crippen molar-refractivity contribution < 1.29 is 14.7 Å². The van der Waals surface area contributed by atoms with Gasteiger partial charge in [0.15, 0.2) is 0 Å². The van der Waals surface area contributed by atoms with Crippen LogP contribution in [0.1, 0.15) is 13.8 Å². The number of anilines is 2. The van der Waals surface area contributed by atoms with Crippen LogP contribution >= 0.6 is 0 Å². The Morgan fingerprint density at radius 2 is 1.90 bits per heavy atom. The standard InChI is InChI=1S/C14H21N3O3/c1-9(2)12(13(18)19)16-14(20)15-10-6-5-7-11(8-10)17(3)4/h5-9,12H,1-4H3,(H,18,19)(H2,15,16,20)/t12-/m1/s1. The Hall–Kier alpha value is -2.24. The number of aliphatic carboxylic acids is 1. The molecule has 2 amide bonds. The smallest absolute Gasteiger partial charge is 0.326 e. The van der Waals surface area contributed by atoms with Gasteiger partial charge >= 0.3 is 12.0 Å². The molecule has 3 N–H and O–H groups in total. The van der Waals surface area contributed by atoms with Crippen LogP contribution in [0.4, 0.5) is 16.2 Å². The summed E-state index contributed by atoms with van der Waals surface area (Å²) in [5, 5.41) is 14.1. The molecule has 0 bridgehead atoms. The van der Waals surface area contributed by atoms with Crippen LogP contribution < -0.4 is 15.5 Å². The van der Waals surface area contributed by atoms with E-state index in [0.717, 1.165) is 5.69 Å². The average Bonchev–Trinajstić information content (AvgIpc) is 2.35. The third-order valence-corrected chi connectivity index (χ3v) is 2.84. The van der Waals surface area contributed by atoms with E-state index in [1.54, 1.807) is 19.9 Å². The van der Waals surface area contributed by atoms with Crippen molar-refractivity contribution in [2.45, 2.75) is 19.9 Å². The second-order valence-electron chi connectivity index (χ2n) is 5.10. The number of hydrogen-bond donors (Lipinski definition) is 3. The molecule has 0 saturated heterocycles. The number of hydrogen-bond acceptors (Lipinski definition) is 3. The molecule has 0 fully saturated rings. The Bertz CT molecular complexity index is 486. The van der Waals surface area contributed by atoms with Crippen molar-refractivity contribution in [3.8, 4) is 0 Å². The molecular formula is C14H21N3O3. The zero-order chi connectivity index (χ0) is 15.3. The molecule has 1 rings (SSSR count). The zero-order valence-corrected chi connectivity index (χ0v) is 12.2. The van der Waals surface area contributed by atoms with Gasteiger partial charge in [0.1, 0.15) is 6.04 Å². The number of amides is 2. The summed E-state index contributed by atoms with van der Waals surface area (Å²) in [5.74, 6) is -1.23. The quantitative estimate of drug-likeness (QED) is 0.770. The molecule has 110 valence electrons. The molecule has 1 aromatic rings. The summed E-state index contributed by atoms with van der Waals surface area (Å²) in [6, 6.07) is 5.86. The summed E-state index contributed by atoms with van der Waals surface area (Å²) >= 11 is 0. The van der Waals surface area contributed by atoms with Gasteiger partial charge in [-0.25, -0.2) is 9.59 Å². The molecule has 6 nitrogen and oxygen atoms in total. The average molecular weight is 279 g/mol. The van der Waals surface area contributed by atoms with Gasteiger partial charge in [0.25, 0.3) is 0 Å². The van der Waals surface area contributed by atoms with Crippen LogP contribution in [0, 0.1) is 5.92 Å². The first-order chi connectivity index (χ1) is 9.31. The summed E-state index contributed by atoms with van der Waals surface area (Å²) in [6.45, 7) is 3.48. The predicted molar refractivity (Wildman–Crippen MR) is 79.2 cm³/mol. The van der Waals surface area contributed by atoms with Crippen molar-refractivity contribution in [2.75, 3.05) is 24.3 Å². The highest BCUT2D eigenvalue weighted by atomic mass is 16.4. The predicted octanol–water partition coefficient (Wildman–Crippen LogP) is 1.98. The Kier molecular flexibility index (Phi) is 5.37. The van der Waals surface area contributed by atoms with E-state index in [2.05, 4.69) is 10.6 Å². The maximum atomic E-state index is 11.8. The minimum atomic E-state index is -1.04. The second-order valence-corrected chi connectivity index (χ2v) is 5.10. The first-order valence-corrected chi connectivity index (χ1v) is 6.39. The number of carboxylic acid groups (broad SMARTS) is 1. The maximum Gasteiger partial charge on any atom is 0.326 e. The van der Waals surface area contributed by atoms with Crippen molar-refractivity contribution in [2.24, 2.45) is 5.92 Å². The van der Waals surface area contributed by atoms with Crippen LogP contribution in [0.25, 0.3) is 0 Å². The molecule has 1 atom stereocenters. The van der Waals surface area contributed by atoms with Crippen molar-refractivity contribution in [3.05, 3.63) is 24.3 Å². The number of rotatable bonds is 5. The van der Waals surface area contributed by atoms with Crippen molar-refractivity contribution >= 4 is 23.4 Å². The minimum Gasteiger partial charge on any atom is -0.480 e. The first-order valence-electron chi connectivity index (χ1n) is 6.39. The minimum absolute atomic E-state index is 0.189. The summed E-state index contributed by atoms with van der Waals surface area (Å²) in [7, 11) is 3.80. The van der Waals surface area contributed by atoms with Gasteiger partial charge in [0.2, 0.25) is 0 Å². The number of carbonyl (C=O) groups excluding carboxylic acids is 1. The number of nitrogens with one attached hydrogen (secondary N) is 2. The number of carbonyl (C=O) groups is 2. The van der Waals surface area contributed by atoms with Gasteiger partial charge < -0.3 is 20.6 Å². The van der Waals surface area contributed by atoms with Crippen LogP contribution in [0.3, 0.4) is 0 Å². The van der Waals surface area contributed by atoms with Gasteiger partial charge in [-0.1, -0.05) is 19.9 Å². The lowest BCUT2D eigenvalue weighted by Gasteiger charge is -2.19. The van der Waals surface area contributed by atoms with Crippen molar-refractivity contribution in [1.82, 2.24) is 5.32 Å². The van der Waals surface area contributed by atoms with Crippen molar-refractivity contribution in [1.29, 1.82) is 0 Å². The SMILES string of the molecule is CC(C)[C@@H](NC(=O)Nc1cccc(N(C)C)c1)C(=O)O. The first kappa shape index (κ1) is 15.8. The molecule has 0 radical (unpaired) electrons. The van der Waals surface area contributed by atoms with E-state index in [0.29, 0.717) is 5.69 Å². The summed E-state index contributed by atoms with van der Waals surface area (Å²) in [4.78, 5) is 24.8. The fourth-order valence-corrected chi connectivity index (χ4v) is 1.68. The molecule has 1 aromatic carbocycles. The van der Waals surface area contributed by atoms with Crippen LogP contribution in [0.5, 0.6) is 0 Å². The van der Waals surface area contributed by atoms with Crippen LogP contribution in [0.15, 0.2) is 24.3 Å². The lowest BCUT2D eigenvalue weighted by molar-refractivity contribution is -0.140. The maximum absolute atomic E-state index is 11.8. The van der Waals surface area contributed by atoms with E-state index < -0.39 is 18.0 Å². The molecule has 20 heavy (non-hydrogen) atoms. The molecular weight excluding hydrogens is 258 g/mol. The fourth-order valence-electron chi connectivity index (χ4n) is 1.68. The van der Waals surface area contributed by atoms with Crippen LogP contribution in [0.2, 0.25) is 0 Å². The zero-order valence-electron chi connectivity index (χ0n) is 12.2. The Balaban J connectivity index is 2.71. The van der Waals surface area contributed by atoms with Crippen LogP contribution in [-0.4, -0.2) is 37.2 Å². The van der Waals surface area contributed by atoms with Crippen molar-refractivity contribution in [3.63, 3.8) is 0 Å². The lowest BCUT2D eigenvalue weighted by Crippen LogP contribution is -2.46.